The minimum absolute atomic E-state index is 0.479. The molecule has 1 aromatic carbocycles. The Labute approximate surface area is 116 Å². The number of nitrogens with two attached hydrogens (primary N) is 1. The molecule has 0 saturated carbocycles. The summed E-state index contributed by atoms with van der Waals surface area (Å²) in [6.07, 6.45) is 1.45. The van der Waals surface area contributed by atoms with Gasteiger partial charge in [0, 0.05) is 16.6 Å². The van der Waals surface area contributed by atoms with Crippen molar-refractivity contribution in [1.82, 2.24) is 15.0 Å². The van der Waals surface area contributed by atoms with Crippen molar-refractivity contribution in [1.29, 1.82) is 0 Å². The number of para-hydroxylation sites is 1. The molecule has 0 aliphatic rings. The molecule has 0 bridgehead atoms. The van der Waals surface area contributed by atoms with Gasteiger partial charge in [-0.3, -0.25) is 4.98 Å². The van der Waals surface area contributed by atoms with Crippen molar-refractivity contribution in [2.75, 3.05) is 11.1 Å². The van der Waals surface area contributed by atoms with Crippen LogP contribution in [0, 0.1) is 13.8 Å². The molecule has 0 saturated heterocycles. The molecule has 3 aromatic rings. The van der Waals surface area contributed by atoms with E-state index >= 15 is 0 Å². The first-order valence-electron chi connectivity index (χ1n) is 6.35. The van der Waals surface area contributed by atoms with Crippen molar-refractivity contribution in [3.05, 3.63) is 47.9 Å². The summed E-state index contributed by atoms with van der Waals surface area (Å²) in [5, 5.41) is 4.37. The van der Waals surface area contributed by atoms with Crippen molar-refractivity contribution >= 4 is 28.2 Å². The van der Waals surface area contributed by atoms with E-state index in [1.54, 1.807) is 0 Å². The van der Waals surface area contributed by atoms with E-state index in [9.17, 15) is 0 Å². The number of fused-ring (bicyclic) bond motifs is 1. The van der Waals surface area contributed by atoms with Gasteiger partial charge in [-0.25, -0.2) is 9.97 Å². The molecule has 5 heteroatoms. The Kier molecular flexibility index (Phi) is 2.95. The highest BCUT2D eigenvalue weighted by molar-refractivity contribution is 5.92. The predicted octanol–water partition coefficient (Wildman–Crippen LogP) is 2.97. The zero-order valence-corrected chi connectivity index (χ0v) is 11.4. The molecule has 0 spiro atoms. The van der Waals surface area contributed by atoms with E-state index < -0.39 is 0 Å². The maximum Gasteiger partial charge on any atom is 0.138 e. The van der Waals surface area contributed by atoms with E-state index in [4.69, 9.17) is 5.73 Å². The second kappa shape index (κ2) is 4.77. The van der Waals surface area contributed by atoms with E-state index in [2.05, 4.69) is 26.3 Å². The van der Waals surface area contributed by atoms with Crippen molar-refractivity contribution in [2.45, 2.75) is 13.8 Å². The third-order valence-corrected chi connectivity index (χ3v) is 3.24. The highest BCUT2D eigenvalue weighted by Gasteiger charge is 2.07. The quantitative estimate of drug-likeness (QED) is 0.745. The van der Waals surface area contributed by atoms with Crippen LogP contribution in [0.3, 0.4) is 0 Å². The molecule has 5 nitrogen and oxygen atoms in total. The molecule has 0 aliphatic heterocycles. The lowest BCUT2D eigenvalue weighted by Crippen LogP contribution is -2.02. The summed E-state index contributed by atoms with van der Waals surface area (Å²) in [6.45, 7) is 3.87. The number of hydrogen-bond acceptors (Lipinski definition) is 5. The minimum Gasteiger partial charge on any atom is -0.383 e. The van der Waals surface area contributed by atoms with Gasteiger partial charge in [0.05, 0.1) is 11.2 Å². The van der Waals surface area contributed by atoms with Crippen molar-refractivity contribution in [3.63, 3.8) is 0 Å². The SMILES string of the molecule is Cc1ccc2cccc(Nc3ncnc(N)c3C)c2n1. The van der Waals surface area contributed by atoms with Gasteiger partial charge in [-0.15, -0.1) is 0 Å². The van der Waals surface area contributed by atoms with Crippen LogP contribution in [0.5, 0.6) is 0 Å². The lowest BCUT2D eigenvalue weighted by atomic mass is 10.1. The molecule has 0 fully saturated rings. The number of anilines is 3. The minimum atomic E-state index is 0.479. The highest BCUT2D eigenvalue weighted by atomic mass is 15.0. The highest BCUT2D eigenvalue weighted by Crippen LogP contribution is 2.26. The second-order valence-corrected chi connectivity index (χ2v) is 4.69. The van der Waals surface area contributed by atoms with E-state index in [0.717, 1.165) is 27.8 Å². The normalized spacial score (nSPS) is 10.7. The van der Waals surface area contributed by atoms with Crippen LogP contribution in [-0.2, 0) is 0 Å². The standard InChI is InChI=1S/C15H15N5/c1-9-6-7-11-4-3-5-12(13(11)19-9)20-15-10(2)14(16)17-8-18-15/h3-8H,1-2H3,(H3,16,17,18,20). The smallest absolute Gasteiger partial charge is 0.138 e. The molecule has 0 aliphatic carbocycles. The number of hydrogen-bond donors (Lipinski definition) is 2. The Morgan fingerprint density at radius 2 is 1.90 bits per heavy atom. The Morgan fingerprint density at radius 1 is 1.05 bits per heavy atom. The molecule has 2 heterocycles. The monoisotopic (exact) mass is 265 g/mol. The van der Waals surface area contributed by atoms with Gasteiger partial charge in [-0.2, -0.15) is 0 Å². The zero-order chi connectivity index (χ0) is 14.1. The van der Waals surface area contributed by atoms with Gasteiger partial charge in [0.15, 0.2) is 0 Å². The third kappa shape index (κ3) is 2.14. The summed E-state index contributed by atoms with van der Waals surface area (Å²) in [5.41, 5.74) is 9.44. The molecule has 0 atom stereocenters. The van der Waals surface area contributed by atoms with Gasteiger partial charge in [0.1, 0.15) is 18.0 Å². The van der Waals surface area contributed by atoms with Gasteiger partial charge in [0.25, 0.3) is 0 Å². The molecule has 3 rings (SSSR count). The lowest BCUT2D eigenvalue weighted by molar-refractivity contribution is 1.14. The fourth-order valence-corrected chi connectivity index (χ4v) is 2.06. The summed E-state index contributed by atoms with van der Waals surface area (Å²) in [4.78, 5) is 12.8. The summed E-state index contributed by atoms with van der Waals surface area (Å²) in [7, 11) is 0. The van der Waals surface area contributed by atoms with Crippen LogP contribution in [0.4, 0.5) is 17.3 Å². The summed E-state index contributed by atoms with van der Waals surface area (Å²) in [6, 6.07) is 10.1. The molecule has 100 valence electrons. The lowest BCUT2D eigenvalue weighted by Gasteiger charge is -2.11. The Bertz CT molecular complexity index is 782. The first-order valence-corrected chi connectivity index (χ1v) is 6.35. The number of aryl methyl sites for hydroxylation is 1. The largest absolute Gasteiger partial charge is 0.383 e. The average molecular weight is 265 g/mol. The number of pyridine rings is 1. The number of benzene rings is 1. The van der Waals surface area contributed by atoms with Crippen LogP contribution >= 0.6 is 0 Å². The molecule has 3 N–H and O–H groups in total. The first kappa shape index (κ1) is 12.3. The van der Waals surface area contributed by atoms with E-state index in [1.807, 2.05) is 38.1 Å². The number of nitrogens with one attached hydrogen (secondary N) is 1. The number of rotatable bonds is 2. The Morgan fingerprint density at radius 3 is 2.75 bits per heavy atom. The number of aromatic nitrogens is 3. The van der Waals surface area contributed by atoms with Crippen LogP contribution in [0.2, 0.25) is 0 Å². The summed E-state index contributed by atoms with van der Waals surface area (Å²) >= 11 is 0. The zero-order valence-electron chi connectivity index (χ0n) is 11.4. The molecule has 2 aromatic heterocycles. The third-order valence-electron chi connectivity index (χ3n) is 3.24. The van der Waals surface area contributed by atoms with Gasteiger partial charge in [-0.1, -0.05) is 18.2 Å². The molecule has 20 heavy (non-hydrogen) atoms. The van der Waals surface area contributed by atoms with Crippen molar-refractivity contribution in [3.8, 4) is 0 Å². The Hall–Kier alpha value is -2.69. The maximum absolute atomic E-state index is 5.80. The number of nitrogen functional groups attached to an aromatic ring is 1. The Balaban J connectivity index is 2.11. The molecular formula is C15H15N5. The van der Waals surface area contributed by atoms with Crippen molar-refractivity contribution < 1.29 is 0 Å². The molecule has 0 amide bonds. The van der Waals surface area contributed by atoms with Crippen LogP contribution in [0.15, 0.2) is 36.7 Å². The van der Waals surface area contributed by atoms with Gasteiger partial charge < -0.3 is 11.1 Å². The average Bonchev–Trinajstić information content (AvgIpc) is 2.44. The van der Waals surface area contributed by atoms with E-state index in [0.29, 0.717) is 11.6 Å². The molecular weight excluding hydrogens is 250 g/mol. The van der Waals surface area contributed by atoms with Crippen LogP contribution in [0.25, 0.3) is 10.9 Å². The molecule has 0 radical (unpaired) electrons. The summed E-state index contributed by atoms with van der Waals surface area (Å²) in [5.74, 6) is 1.18. The van der Waals surface area contributed by atoms with E-state index in [-0.39, 0.29) is 0 Å². The first-order chi connectivity index (χ1) is 9.65. The van der Waals surface area contributed by atoms with Crippen molar-refractivity contribution in [2.24, 2.45) is 0 Å². The van der Waals surface area contributed by atoms with Gasteiger partial charge >= 0.3 is 0 Å². The van der Waals surface area contributed by atoms with Crippen LogP contribution < -0.4 is 11.1 Å². The number of nitrogens with zero attached hydrogens (tertiary/aromatic N) is 3. The van der Waals surface area contributed by atoms with Gasteiger partial charge in [-0.05, 0) is 26.0 Å². The van der Waals surface area contributed by atoms with Gasteiger partial charge in [0.2, 0.25) is 0 Å². The fourth-order valence-electron chi connectivity index (χ4n) is 2.06. The van der Waals surface area contributed by atoms with Crippen LogP contribution in [-0.4, -0.2) is 15.0 Å². The fraction of sp³-hybridized carbons (Fsp3) is 0.133. The van der Waals surface area contributed by atoms with E-state index in [1.165, 1.54) is 6.33 Å². The van der Waals surface area contributed by atoms with Crippen LogP contribution in [0.1, 0.15) is 11.3 Å². The topological polar surface area (TPSA) is 76.7 Å². The predicted molar refractivity (Wildman–Crippen MR) is 80.9 cm³/mol. The molecule has 0 unspecified atom stereocenters. The maximum atomic E-state index is 5.80. The second-order valence-electron chi connectivity index (χ2n) is 4.69. The summed E-state index contributed by atoms with van der Waals surface area (Å²) < 4.78 is 0.